The lowest BCUT2D eigenvalue weighted by Crippen LogP contribution is -1.98. The van der Waals surface area contributed by atoms with Crippen LogP contribution in [-0.2, 0) is 0 Å². The minimum Gasteiger partial charge on any atom is -0.315 e. The fourth-order valence-corrected chi connectivity index (χ4v) is 3.37. The van der Waals surface area contributed by atoms with Crippen molar-refractivity contribution in [1.82, 2.24) is 4.57 Å². The summed E-state index contributed by atoms with van der Waals surface area (Å²) in [5.74, 6) is 1.09. The summed E-state index contributed by atoms with van der Waals surface area (Å²) in [6.07, 6.45) is 2.17. The lowest BCUT2D eigenvalue weighted by Gasteiger charge is -2.14. The van der Waals surface area contributed by atoms with E-state index < -0.39 is 0 Å². The molecule has 0 aliphatic carbocycles. The standard InChI is InChI=1S/C17H17NS/c1-3-19-16-10-6-7-13(2)17(16)18-12-11-14-8-4-5-9-15(14)18/h4-12H,3H2,1-2H3. The first-order valence-electron chi connectivity index (χ1n) is 6.60. The summed E-state index contributed by atoms with van der Waals surface area (Å²) >= 11 is 1.90. The Bertz CT molecular complexity index is 712. The summed E-state index contributed by atoms with van der Waals surface area (Å²) in [5.41, 5.74) is 3.91. The molecule has 3 aromatic rings. The molecule has 0 saturated carbocycles. The maximum Gasteiger partial charge on any atom is 0.0620 e. The van der Waals surface area contributed by atoms with Crippen molar-refractivity contribution in [3.63, 3.8) is 0 Å². The Kier molecular flexibility index (Phi) is 3.34. The van der Waals surface area contributed by atoms with Gasteiger partial charge in [0, 0.05) is 11.1 Å². The van der Waals surface area contributed by atoms with Crippen LogP contribution in [0.25, 0.3) is 16.6 Å². The molecule has 2 heteroatoms. The van der Waals surface area contributed by atoms with E-state index in [2.05, 4.69) is 73.1 Å². The zero-order valence-electron chi connectivity index (χ0n) is 11.3. The van der Waals surface area contributed by atoms with Crippen molar-refractivity contribution in [2.45, 2.75) is 18.7 Å². The van der Waals surface area contributed by atoms with Crippen LogP contribution in [0.2, 0.25) is 0 Å². The molecule has 0 bridgehead atoms. The van der Waals surface area contributed by atoms with E-state index in [0.29, 0.717) is 0 Å². The number of para-hydroxylation sites is 2. The SMILES string of the molecule is CCSc1cccc(C)c1-n1ccc2ccccc21. The molecule has 0 unspecified atom stereocenters. The van der Waals surface area contributed by atoms with Gasteiger partial charge in [0.1, 0.15) is 0 Å². The van der Waals surface area contributed by atoms with Crippen LogP contribution in [0.5, 0.6) is 0 Å². The van der Waals surface area contributed by atoms with Crippen LogP contribution in [0.15, 0.2) is 59.6 Å². The molecular weight excluding hydrogens is 250 g/mol. The topological polar surface area (TPSA) is 4.93 Å². The van der Waals surface area contributed by atoms with Crippen LogP contribution < -0.4 is 0 Å². The molecule has 19 heavy (non-hydrogen) atoms. The predicted octanol–water partition coefficient (Wildman–Crippen LogP) is 5.05. The van der Waals surface area contributed by atoms with Gasteiger partial charge in [-0.3, -0.25) is 0 Å². The molecule has 1 aromatic heterocycles. The largest absolute Gasteiger partial charge is 0.315 e. The van der Waals surface area contributed by atoms with Crippen LogP contribution in [0, 0.1) is 6.92 Å². The van der Waals surface area contributed by atoms with Crippen LogP contribution in [0.4, 0.5) is 0 Å². The zero-order valence-corrected chi connectivity index (χ0v) is 12.1. The van der Waals surface area contributed by atoms with Gasteiger partial charge in [-0.05, 0) is 41.8 Å². The first-order chi connectivity index (χ1) is 9.31. The molecule has 3 rings (SSSR count). The Balaban J connectivity index is 2.26. The van der Waals surface area contributed by atoms with E-state index in [4.69, 9.17) is 0 Å². The highest BCUT2D eigenvalue weighted by atomic mass is 32.2. The van der Waals surface area contributed by atoms with Crippen LogP contribution in [0.3, 0.4) is 0 Å². The molecule has 2 aromatic carbocycles. The van der Waals surface area contributed by atoms with E-state index in [1.165, 1.54) is 27.0 Å². The predicted molar refractivity (Wildman–Crippen MR) is 84.4 cm³/mol. The minimum absolute atomic E-state index is 1.09. The van der Waals surface area contributed by atoms with Gasteiger partial charge in [0.2, 0.25) is 0 Å². The maximum atomic E-state index is 2.31. The van der Waals surface area contributed by atoms with Gasteiger partial charge in [-0.15, -0.1) is 11.8 Å². The van der Waals surface area contributed by atoms with Crippen molar-refractivity contribution in [3.8, 4) is 5.69 Å². The zero-order chi connectivity index (χ0) is 13.2. The van der Waals surface area contributed by atoms with Gasteiger partial charge in [0.05, 0.1) is 11.2 Å². The number of benzene rings is 2. The number of fused-ring (bicyclic) bond motifs is 1. The van der Waals surface area contributed by atoms with Gasteiger partial charge in [-0.2, -0.15) is 0 Å². The lowest BCUT2D eigenvalue weighted by atomic mass is 10.2. The second-order valence-electron chi connectivity index (χ2n) is 4.60. The van der Waals surface area contributed by atoms with Crippen LogP contribution >= 0.6 is 11.8 Å². The van der Waals surface area contributed by atoms with Gasteiger partial charge in [-0.1, -0.05) is 37.3 Å². The molecule has 1 nitrogen and oxygen atoms in total. The van der Waals surface area contributed by atoms with Crippen molar-refractivity contribution in [3.05, 3.63) is 60.3 Å². The second-order valence-corrected chi connectivity index (χ2v) is 5.91. The minimum atomic E-state index is 1.09. The number of aromatic nitrogens is 1. The Hall–Kier alpha value is -1.67. The Morgan fingerprint density at radius 2 is 1.84 bits per heavy atom. The van der Waals surface area contributed by atoms with E-state index in [9.17, 15) is 0 Å². The summed E-state index contributed by atoms with van der Waals surface area (Å²) in [6.45, 7) is 4.38. The summed E-state index contributed by atoms with van der Waals surface area (Å²) < 4.78 is 2.31. The van der Waals surface area contributed by atoms with E-state index in [0.717, 1.165) is 5.75 Å². The number of rotatable bonds is 3. The number of thioether (sulfide) groups is 1. The molecule has 96 valence electrons. The van der Waals surface area contributed by atoms with E-state index >= 15 is 0 Å². The highest BCUT2D eigenvalue weighted by molar-refractivity contribution is 7.99. The Labute approximate surface area is 118 Å². The summed E-state index contributed by atoms with van der Waals surface area (Å²) in [5, 5.41) is 1.29. The van der Waals surface area contributed by atoms with E-state index in [1.807, 2.05) is 11.8 Å². The second kappa shape index (κ2) is 5.14. The normalized spacial score (nSPS) is 11.1. The molecule has 0 N–H and O–H groups in total. The smallest absolute Gasteiger partial charge is 0.0620 e. The summed E-state index contributed by atoms with van der Waals surface area (Å²) in [7, 11) is 0. The molecule has 0 spiro atoms. The first kappa shape index (κ1) is 12.4. The average molecular weight is 267 g/mol. The van der Waals surface area contributed by atoms with Gasteiger partial charge < -0.3 is 4.57 Å². The highest BCUT2D eigenvalue weighted by Crippen LogP contribution is 2.31. The summed E-state index contributed by atoms with van der Waals surface area (Å²) in [4.78, 5) is 1.35. The average Bonchev–Trinajstić information content (AvgIpc) is 2.83. The quantitative estimate of drug-likeness (QED) is 0.601. The Morgan fingerprint density at radius 1 is 1.00 bits per heavy atom. The summed E-state index contributed by atoms with van der Waals surface area (Å²) in [6, 6.07) is 17.3. The third kappa shape index (κ3) is 2.17. The van der Waals surface area contributed by atoms with Crippen molar-refractivity contribution in [2.75, 3.05) is 5.75 Å². The molecule has 0 atom stereocenters. The molecule has 0 aliphatic heterocycles. The number of hydrogen-bond acceptors (Lipinski definition) is 1. The number of aryl methyl sites for hydroxylation is 1. The lowest BCUT2D eigenvalue weighted by molar-refractivity contribution is 1.06. The van der Waals surface area contributed by atoms with Gasteiger partial charge in [-0.25, -0.2) is 0 Å². The fraction of sp³-hybridized carbons (Fsp3) is 0.176. The third-order valence-electron chi connectivity index (χ3n) is 3.34. The molecule has 0 fully saturated rings. The van der Waals surface area contributed by atoms with Crippen molar-refractivity contribution >= 4 is 22.7 Å². The molecule has 0 amide bonds. The first-order valence-corrected chi connectivity index (χ1v) is 7.58. The fourth-order valence-electron chi connectivity index (χ4n) is 2.49. The molecular formula is C17H17NS. The van der Waals surface area contributed by atoms with Crippen molar-refractivity contribution < 1.29 is 0 Å². The van der Waals surface area contributed by atoms with E-state index in [1.54, 1.807) is 0 Å². The third-order valence-corrected chi connectivity index (χ3v) is 4.27. The highest BCUT2D eigenvalue weighted by Gasteiger charge is 2.10. The van der Waals surface area contributed by atoms with Gasteiger partial charge in [0.15, 0.2) is 0 Å². The van der Waals surface area contributed by atoms with Gasteiger partial charge in [0.25, 0.3) is 0 Å². The molecule has 0 saturated heterocycles. The number of hydrogen-bond donors (Lipinski definition) is 0. The van der Waals surface area contributed by atoms with Crippen molar-refractivity contribution in [1.29, 1.82) is 0 Å². The van der Waals surface area contributed by atoms with Gasteiger partial charge >= 0.3 is 0 Å². The molecule has 1 heterocycles. The molecule has 0 radical (unpaired) electrons. The Morgan fingerprint density at radius 3 is 2.68 bits per heavy atom. The van der Waals surface area contributed by atoms with Crippen LogP contribution in [0.1, 0.15) is 12.5 Å². The van der Waals surface area contributed by atoms with Crippen molar-refractivity contribution in [2.24, 2.45) is 0 Å². The maximum absolute atomic E-state index is 2.31. The molecule has 0 aliphatic rings. The van der Waals surface area contributed by atoms with E-state index in [-0.39, 0.29) is 0 Å². The number of nitrogens with zero attached hydrogens (tertiary/aromatic N) is 1. The van der Waals surface area contributed by atoms with Crippen LogP contribution in [-0.4, -0.2) is 10.3 Å². The monoisotopic (exact) mass is 267 g/mol.